The summed E-state index contributed by atoms with van der Waals surface area (Å²) in [5.74, 6) is 0. The van der Waals surface area contributed by atoms with Crippen molar-refractivity contribution in [3.8, 4) is 0 Å². The van der Waals surface area contributed by atoms with E-state index in [0.29, 0.717) is 6.04 Å². The largest absolute Gasteiger partial charge is 0.385 e. The van der Waals surface area contributed by atoms with Crippen molar-refractivity contribution >= 4 is 0 Å². The summed E-state index contributed by atoms with van der Waals surface area (Å²) in [6.45, 7) is 6.55. The summed E-state index contributed by atoms with van der Waals surface area (Å²) in [7, 11) is 0. The topological polar surface area (TPSA) is 23.5 Å². The van der Waals surface area contributed by atoms with Crippen LogP contribution in [0.1, 0.15) is 48.8 Å². The predicted molar refractivity (Wildman–Crippen MR) is 78.3 cm³/mol. The summed E-state index contributed by atoms with van der Waals surface area (Å²) >= 11 is 0. The Balaban J connectivity index is 1.91. The first-order valence-corrected chi connectivity index (χ1v) is 7.63. The minimum absolute atomic E-state index is 0.589. The number of aliphatic hydroxyl groups is 1. The zero-order valence-electron chi connectivity index (χ0n) is 12.2. The van der Waals surface area contributed by atoms with Gasteiger partial charge in [0.1, 0.15) is 0 Å². The Labute approximate surface area is 116 Å². The third-order valence-electron chi connectivity index (χ3n) is 5.08. The predicted octanol–water partition coefficient (Wildman–Crippen LogP) is 3.14. The molecule has 2 nitrogen and oxygen atoms in total. The van der Waals surface area contributed by atoms with Gasteiger partial charge in [0.05, 0.1) is 5.60 Å². The number of hydrogen-bond acceptors (Lipinski definition) is 2. The quantitative estimate of drug-likeness (QED) is 0.837. The van der Waals surface area contributed by atoms with Gasteiger partial charge in [-0.3, -0.25) is 0 Å². The SMILES string of the molecule is Cc1cccc(C)c1[C@@]1(O)CCN2CCCC[C@H]2C1. The lowest BCUT2D eigenvalue weighted by Gasteiger charge is -2.47. The molecule has 2 heteroatoms. The molecule has 104 valence electrons. The number of nitrogens with zero attached hydrogens (tertiary/aromatic N) is 1. The molecule has 3 rings (SSSR count). The van der Waals surface area contributed by atoms with Gasteiger partial charge in [0.25, 0.3) is 0 Å². The van der Waals surface area contributed by atoms with Crippen molar-refractivity contribution in [2.75, 3.05) is 13.1 Å². The second kappa shape index (κ2) is 4.92. The zero-order valence-corrected chi connectivity index (χ0v) is 12.2. The van der Waals surface area contributed by atoms with Crippen molar-refractivity contribution in [3.05, 3.63) is 34.9 Å². The van der Waals surface area contributed by atoms with Gasteiger partial charge in [-0.05, 0) is 62.8 Å². The highest BCUT2D eigenvalue weighted by molar-refractivity contribution is 5.38. The number of rotatable bonds is 1. The summed E-state index contributed by atoms with van der Waals surface area (Å²) in [6, 6.07) is 6.94. The zero-order chi connectivity index (χ0) is 13.5. The number of piperidine rings is 2. The second-order valence-corrected chi connectivity index (χ2v) is 6.44. The molecule has 0 aliphatic carbocycles. The summed E-state index contributed by atoms with van der Waals surface area (Å²) in [4.78, 5) is 2.59. The van der Waals surface area contributed by atoms with Crippen LogP contribution in [0.5, 0.6) is 0 Å². The molecule has 1 aromatic rings. The molecular weight excluding hydrogens is 234 g/mol. The Morgan fingerprint density at radius 2 is 1.89 bits per heavy atom. The van der Waals surface area contributed by atoms with Crippen molar-refractivity contribution < 1.29 is 5.11 Å². The maximum absolute atomic E-state index is 11.2. The highest BCUT2D eigenvalue weighted by Crippen LogP contribution is 2.41. The van der Waals surface area contributed by atoms with E-state index in [1.54, 1.807) is 0 Å². The van der Waals surface area contributed by atoms with Gasteiger partial charge >= 0.3 is 0 Å². The fraction of sp³-hybridized carbons (Fsp3) is 0.647. The highest BCUT2D eigenvalue weighted by Gasteiger charge is 2.41. The van der Waals surface area contributed by atoms with Gasteiger partial charge < -0.3 is 10.0 Å². The maximum Gasteiger partial charge on any atom is 0.0928 e. The van der Waals surface area contributed by atoms with Crippen LogP contribution < -0.4 is 0 Å². The first-order valence-electron chi connectivity index (χ1n) is 7.63. The van der Waals surface area contributed by atoms with Gasteiger partial charge in [-0.25, -0.2) is 0 Å². The molecule has 2 heterocycles. The summed E-state index contributed by atoms with van der Waals surface area (Å²) < 4.78 is 0. The van der Waals surface area contributed by atoms with E-state index in [0.717, 1.165) is 19.4 Å². The molecule has 2 aliphatic rings. The lowest BCUT2D eigenvalue weighted by atomic mass is 9.75. The van der Waals surface area contributed by atoms with E-state index in [1.165, 1.54) is 42.5 Å². The van der Waals surface area contributed by atoms with E-state index in [2.05, 4.69) is 36.9 Å². The molecule has 2 fully saturated rings. The summed E-state index contributed by atoms with van der Waals surface area (Å²) in [6.07, 6.45) is 5.71. The maximum atomic E-state index is 11.2. The van der Waals surface area contributed by atoms with Crippen LogP contribution in [-0.4, -0.2) is 29.1 Å². The third kappa shape index (κ3) is 2.32. The summed E-state index contributed by atoms with van der Waals surface area (Å²) in [5, 5.41) is 11.2. The van der Waals surface area contributed by atoms with E-state index in [4.69, 9.17) is 0 Å². The minimum Gasteiger partial charge on any atom is -0.385 e. The third-order valence-corrected chi connectivity index (χ3v) is 5.08. The molecule has 2 saturated heterocycles. The van der Waals surface area contributed by atoms with Crippen molar-refractivity contribution in [2.45, 2.75) is 57.6 Å². The van der Waals surface area contributed by atoms with E-state index in [-0.39, 0.29) is 0 Å². The van der Waals surface area contributed by atoms with Crippen molar-refractivity contribution in [1.29, 1.82) is 0 Å². The fourth-order valence-electron chi connectivity index (χ4n) is 4.18. The molecular formula is C17H25NO. The molecule has 0 spiro atoms. The molecule has 0 radical (unpaired) electrons. The highest BCUT2D eigenvalue weighted by atomic mass is 16.3. The number of aryl methyl sites for hydroxylation is 2. The first-order chi connectivity index (χ1) is 9.10. The van der Waals surface area contributed by atoms with Crippen LogP contribution in [0.25, 0.3) is 0 Å². The van der Waals surface area contributed by atoms with E-state index < -0.39 is 5.60 Å². The lowest BCUT2D eigenvalue weighted by Crippen LogP contribution is -2.51. The van der Waals surface area contributed by atoms with Crippen LogP contribution in [0.2, 0.25) is 0 Å². The smallest absolute Gasteiger partial charge is 0.0928 e. The Kier molecular flexibility index (Phi) is 3.40. The average molecular weight is 259 g/mol. The number of hydrogen-bond donors (Lipinski definition) is 1. The van der Waals surface area contributed by atoms with Crippen molar-refractivity contribution in [1.82, 2.24) is 4.90 Å². The van der Waals surface area contributed by atoms with E-state index in [9.17, 15) is 5.11 Å². The molecule has 1 aromatic carbocycles. The van der Waals surface area contributed by atoms with Crippen LogP contribution in [0, 0.1) is 13.8 Å². The lowest BCUT2D eigenvalue weighted by molar-refractivity contribution is -0.0618. The first kappa shape index (κ1) is 13.1. The molecule has 19 heavy (non-hydrogen) atoms. The molecule has 0 unspecified atom stereocenters. The molecule has 0 amide bonds. The van der Waals surface area contributed by atoms with Crippen LogP contribution in [-0.2, 0) is 5.60 Å². The second-order valence-electron chi connectivity index (χ2n) is 6.44. The Morgan fingerprint density at radius 1 is 1.16 bits per heavy atom. The molecule has 2 aliphatic heterocycles. The Bertz CT molecular complexity index is 450. The van der Waals surface area contributed by atoms with Gasteiger partial charge in [-0.15, -0.1) is 0 Å². The van der Waals surface area contributed by atoms with E-state index >= 15 is 0 Å². The minimum atomic E-state index is -0.603. The number of fused-ring (bicyclic) bond motifs is 1. The average Bonchev–Trinajstić information content (AvgIpc) is 2.38. The normalized spacial score (nSPS) is 32.1. The van der Waals surface area contributed by atoms with Gasteiger partial charge in [0, 0.05) is 12.6 Å². The van der Waals surface area contributed by atoms with E-state index in [1.807, 2.05) is 0 Å². The summed E-state index contributed by atoms with van der Waals surface area (Å²) in [5.41, 5.74) is 3.08. The van der Waals surface area contributed by atoms with Crippen molar-refractivity contribution in [2.24, 2.45) is 0 Å². The van der Waals surface area contributed by atoms with Crippen molar-refractivity contribution in [3.63, 3.8) is 0 Å². The van der Waals surface area contributed by atoms with Gasteiger partial charge in [-0.1, -0.05) is 24.6 Å². The van der Waals surface area contributed by atoms with Crippen LogP contribution >= 0.6 is 0 Å². The molecule has 0 aromatic heterocycles. The molecule has 0 saturated carbocycles. The monoisotopic (exact) mass is 259 g/mol. The molecule has 1 N–H and O–H groups in total. The van der Waals surface area contributed by atoms with Gasteiger partial charge in [0.15, 0.2) is 0 Å². The Morgan fingerprint density at radius 3 is 2.63 bits per heavy atom. The Hall–Kier alpha value is -0.860. The molecule has 0 bridgehead atoms. The standard InChI is InChI=1S/C17H25NO/c1-13-6-5-7-14(2)16(13)17(19)9-11-18-10-4-3-8-15(18)12-17/h5-7,15,19H,3-4,8-12H2,1-2H3/t15-,17+/m0/s1. The fourth-order valence-corrected chi connectivity index (χ4v) is 4.18. The number of benzene rings is 1. The van der Waals surface area contributed by atoms with Gasteiger partial charge in [-0.2, -0.15) is 0 Å². The van der Waals surface area contributed by atoms with Crippen LogP contribution in [0.3, 0.4) is 0 Å². The van der Waals surface area contributed by atoms with Crippen LogP contribution in [0.15, 0.2) is 18.2 Å². The molecule has 2 atom stereocenters. The van der Waals surface area contributed by atoms with Gasteiger partial charge in [0.2, 0.25) is 0 Å². The van der Waals surface area contributed by atoms with Crippen LogP contribution in [0.4, 0.5) is 0 Å².